The van der Waals surface area contributed by atoms with Crippen LogP contribution in [0.3, 0.4) is 0 Å². The predicted octanol–water partition coefficient (Wildman–Crippen LogP) is 0.758. The summed E-state index contributed by atoms with van der Waals surface area (Å²) in [5, 5.41) is 10.4. The van der Waals surface area contributed by atoms with E-state index in [1.54, 1.807) is 0 Å². The molecule has 0 amide bonds. The number of ketones is 1. The highest BCUT2D eigenvalue weighted by Gasteiger charge is 1.96. The zero-order chi connectivity index (χ0) is 5.86. The molecule has 0 saturated heterocycles. The standard InChI is InChI=1S/C3H4BrNO2/c1-2(6)3(4)5-7/h7H,1H3/b5-3-. The maximum absolute atomic E-state index is 10.0. The van der Waals surface area contributed by atoms with Crippen molar-refractivity contribution in [2.45, 2.75) is 6.92 Å². The fraction of sp³-hybridized carbons (Fsp3) is 0.333. The molecule has 0 spiro atoms. The summed E-state index contributed by atoms with van der Waals surface area (Å²) < 4.78 is -0.0486. The maximum atomic E-state index is 10.0. The third-order valence-electron chi connectivity index (χ3n) is 0.378. The number of Topliss-reactive ketones (excluding diaryl/α,β-unsaturated/α-hetero) is 1. The van der Waals surface area contributed by atoms with Gasteiger partial charge in [0, 0.05) is 6.92 Å². The molecule has 0 saturated carbocycles. The van der Waals surface area contributed by atoms with Crippen molar-refractivity contribution in [2.75, 3.05) is 0 Å². The van der Waals surface area contributed by atoms with Crippen molar-refractivity contribution in [1.29, 1.82) is 0 Å². The Hall–Kier alpha value is -0.380. The number of hydrogen-bond acceptors (Lipinski definition) is 3. The van der Waals surface area contributed by atoms with Gasteiger partial charge >= 0.3 is 0 Å². The molecule has 0 aromatic rings. The van der Waals surface area contributed by atoms with E-state index in [-0.39, 0.29) is 10.4 Å². The van der Waals surface area contributed by atoms with E-state index in [4.69, 9.17) is 5.21 Å². The summed E-state index contributed by atoms with van der Waals surface area (Å²) in [5.74, 6) is -0.289. The van der Waals surface area contributed by atoms with Gasteiger partial charge in [-0.25, -0.2) is 0 Å². The molecule has 0 unspecified atom stereocenters. The minimum Gasteiger partial charge on any atom is -0.410 e. The van der Waals surface area contributed by atoms with Gasteiger partial charge in [-0.3, -0.25) is 4.79 Å². The first kappa shape index (κ1) is 6.62. The number of oxime groups is 1. The Morgan fingerprint density at radius 3 is 2.29 bits per heavy atom. The van der Waals surface area contributed by atoms with E-state index >= 15 is 0 Å². The Kier molecular flexibility index (Phi) is 2.59. The van der Waals surface area contributed by atoms with Crippen molar-refractivity contribution in [3.63, 3.8) is 0 Å². The molecule has 0 aliphatic carbocycles. The Labute approximate surface area is 49.1 Å². The lowest BCUT2D eigenvalue weighted by Crippen LogP contribution is -1.98. The van der Waals surface area contributed by atoms with Gasteiger partial charge in [0.25, 0.3) is 0 Å². The van der Waals surface area contributed by atoms with Crippen molar-refractivity contribution in [2.24, 2.45) is 5.16 Å². The van der Waals surface area contributed by atoms with Crippen LogP contribution in [0, 0.1) is 0 Å². The monoisotopic (exact) mass is 165 g/mol. The molecule has 7 heavy (non-hydrogen) atoms. The van der Waals surface area contributed by atoms with Gasteiger partial charge < -0.3 is 5.21 Å². The third kappa shape index (κ3) is 2.33. The topological polar surface area (TPSA) is 49.7 Å². The number of carbonyl (C=O) groups excluding carboxylic acids is 1. The van der Waals surface area contributed by atoms with Crippen molar-refractivity contribution < 1.29 is 10.0 Å². The number of halogens is 1. The molecule has 0 atom stereocenters. The minimum atomic E-state index is -0.289. The van der Waals surface area contributed by atoms with Gasteiger partial charge in [-0.05, 0) is 15.9 Å². The number of carbonyl (C=O) groups is 1. The first-order valence-electron chi connectivity index (χ1n) is 1.57. The summed E-state index contributed by atoms with van der Waals surface area (Å²) in [6, 6.07) is 0. The second kappa shape index (κ2) is 2.74. The molecule has 1 N–H and O–H groups in total. The van der Waals surface area contributed by atoms with Crippen LogP contribution in [0.1, 0.15) is 6.92 Å². The van der Waals surface area contributed by atoms with E-state index in [0.29, 0.717) is 0 Å². The molecule has 40 valence electrons. The summed E-state index contributed by atoms with van der Waals surface area (Å²) in [6.07, 6.45) is 0. The molecule has 0 bridgehead atoms. The molecule has 4 heteroatoms. The SMILES string of the molecule is CC(=O)/C(Br)=N/O. The van der Waals surface area contributed by atoms with Crippen molar-refractivity contribution in [3.05, 3.63) is 0 Å². The van der Waals surface area contributed by atoms with Crippen LogP contribution in [0.5, 0.6) is 0 Å². The molecular formula is C3H4BrNO2. The summed E-state index contributed by atoms with van der Waals surface area (Å²) in [6.45, 7) is 1.30. The van der Waals surface area contributed by atoms with E-state index in [2.05, 4.69) is 21.1 Å². The third-order valence-corrected chi connectivity index (χ3v) is 1.10. The molecule has 3 nitrogen and oxygen atoms in total. The van der Waals surface area contributed by atoms with Gasteiger partial charge in [0.2, 0.25) is 0 Å². The van der Waals surface area contributed by atoms with Crippen LogP contribution in [0.15, 0.2) is 5.16 Å². The summed E-state index contributed by atoms with van der Waals surface area (Å²) >= 11 is 2.69. The normalized spacial score (nSPS) is 11.4. The first-order chi connectivity index (χ1) is 3.18. The zero-order valence-electron chi connectivity index (χ0n) is 3.68. The van der Waals surface area contributed by atoms with Crippen LogP contribution >= 0.6 is 15.9 Å². The molecular weight excluding hydrogens is 162 g/mol. The van der Waals surface area contributed by atoms with Crippen molar-refractivity contribution in [1.82, 2.24) is 0 Å². The van der Waals surface area contributed by atoms with Gasteiger partial charge in [-0.1, -0.05) is 5.16 Å². The lowest BCUT2D eigenvalue weighted by Gasteiger charge is -1.79. The minimum absolute atomic E-state index is 0.0486. The van der Waals surface area contributed by atoms with E-state index in [9.17, 15) is 4.79 Å². The Bertz CT molecular complexity index is 110. The summed E-state index contributed by atoms with van der Waals surface area (Å²) in [4.78, 5) is 10.0. The first-order valence-corrected chi connectivity index (χ1v) is 2.36. The molecule has 0 aliphatic heterocycles. The number of nitrogens with zero attached hydrogens (tertiary/aromatic N) is 1. The van der Waals surface area contributed by atoms with Gasteiger partial charge in [0.1, 0.15) is 0 Å². The molecule has 0 fully saturated rings. The molecule has 0 rings (SSSR count). The fourth-order valence-electron chi connectivity index (χ4n) is 0.0704. The molecule has 0 aliphatic rings. The number of hydrogen-bond donors (Lipinski definition) is 1. The van der Waals surface area contributed by atoms with Crippen LogP contribution in [0.2, 0.25) is 0 Å². The Balaban J connectivity index is 3.82. The van der Waals surface area contributed by atoms with E-state index in [0.717, 1.165) is 0 Å². The average molecular weight is 166 g/mol. The summed E-state index contributed by atoms with van der Waals surface area (Å²) in [5.41, 5.74) is 0. The maximum Gasteiger partial charge on any atom is 0.188 e. The molecule has 0 aromatic carbocycles. The van der Waals surface area contributed by atoms with E-state index < -0.39 is 0 Å². The van der Waals surface area contributed by atoms with Crippen molar-refractivity contribution in [3.8, 4) is 0 Å². The second-order valence-corrected chi connectivity index (χ2v) is 1.70. The van der Waals surface area contributed by atoms with E-state index in [1.165, 1.54) is 6.92 Å². The number of rotatable bonds is 1. The summed E-state index contributed by atoms with van der Waals surface area (Å²) in [7, 11) is 0. The van der Waals surface area contributed by atoms with E-state index in [1.807, 2.05) is 0 Å². The fourth-order valence-corrected chi connectivity index (χ4v) is 0.0704. The zero-order valence-corrected chi connectivity index (χ0v) is 5.27. The highest BCUT2D eigenvalue weighted by Crippen LogP contribution is 1.87. The quantitative estimate of drug-likeness (QED) is 0.355. The van der Waals surface area contributed by atoms with Gasteiger partial charge in [-0.15, -0.1) is 0 Å². The van der Waals surface area contributed by atoms with Crippen LogP contribution < -0.4 is 0 Å². The second-order valence-electron chi connectivity index (χ2n) is 0.947. The van der Waals surface area contributed by atoms with Crippen LogP contribution in [-0.2, 0) is 4.79 Å². The smallest absolute Gasteiger partial charge is 0.188 e. The van der Waals surface area contributed by atoms with Crippen molar-refractivity contribution >= 4 is 26.3 Å². The predicted molar refractivity (Wildman–Crippen MR) is 28.8 cm³/mol. The van der Waals surface area contributed by atoms with Gasteiger partial charge in [0.05, 0.1) is 0 Å². The van der Waals surface area contributed by atoms with Crippen LogP contribution in [-0.4, -0.2) is 15.6 Å². The Morgan fingerprint density at radius 2 is 2.29 bits per heavy atom. The van der Waals surface area contributed by atoms with Crippen LogP contribution in [0.25, 0.3) is 0 Å². The van der Waals surface area contributed by atoms with Gasteiger partial charge in [0.15, 0.2) is 10.4 Å². The van der Waals surface area contributed by atoms with Gasteiger partial charge in [-0.2, -0.15) is 0 Å². The average Bonchev–Trinajstić information content (AvgIpc) is 1.65. The lowest BCUT2D eigenvalue weighted by molar-refractivity contribution is -0.110. The highest BCUT2D eigenvalue weighted by molar-refractivity contribution is 9.19. The molecule has 0 heterocycles. The molecule has 0 aromatic heterocycles. The Morgan fingerprint density at radius 1 is 1.86 bits per heavy atom. The highest BCUT2D eigenvalue weighted by atomic mass is 79.9. The molecule has 0 radical (unpaired) electrons. The van der Waals surface area contributed by atoms with Crippen LogP contribution in [0.4, 0.5) is 0 Å². The largest absolute Gasteiger partial charge is 0.410 e. The lowest BCUT2D eigenvalue weighted by atomic mass is 10.5.